The molecule has 0 spiro atoms. The Labute approximate surface area is 169 Å². The molecule has 3 rings (SSSR count). The van der Waals surface area contributed by atoms with Gasteiger partial charge in [0.15, 0.2) is 6.61 Å². The van der Waals surface area contributed by atoms with Gasteiger partial charge in [0.1, 0.15) is 10.8 Å². The number of carbonyl (C=O) groups excluding carboxylic acids is 4. The number of aromatic nitrogens is 1. The minimum Gasteiger partial charge on any atom is -0.452 e. The molecule has 1 aliphatic rings. The number of benzene rings is 1. The molecule has 3 amide bonds. The SMILES string of the molecule is CN1C(=O)CC(Sc2ncccc2C(=O)OCC(=O)Nc2ccccc2F)C1=O. The maximum Gasteiger partial charge on any atom is 0.341 e. The number of carbonyl (C=O) groups is 4. The lowest BCUT2D eigenvalue weighted by molar-refractivity contribution is -0.136. The third-order valence-electron chi connectivity index (χ3n) is 4.07. The van der Waals surface area contributed by atoms with Crippen LogP contribution in [0.25, 0.3) is 0 Å². The fourth-order valence-electron chi connectivity index (χ4n) is 2.55. The van der Waals surface area contributed by atoms with Crippen molar-refractivity contribution in [3.05, 3.63) is 54.0 Å². The topological polar surface area (TPSA) is 106 Å². The van der Waals surface area contributed by atoms with Crippen LogP contribution in [0.5, 0.6) is 0 Å². The van der Waals surface area contributed by atoms with Crippen molar-refractivity contribution >= 4 is 41.1 Å². The summed E-state index contributed by atoms with van der Waals surface area (Å²) in [7, 11) is 1.40. The smallest absolute Gasteiger partial charge is 0.341 e. The van der Waals surface area contributed by atoms with Gasteiger partial charge in [0.05, 0.1) is 16.5 Å². The molecule has 0 aliphatic carbocycles. The number of hydrogen-bond acceptors (Lipinski definition) is 7. The summed E-state index contributed by atoms with van der Waals surface area (Å²) in [6, 6.07) is 8.55. The minimum absolute atomic E-state index is 0.0100. The summed E-state index contributed by atoms with van der Waals surface area (Å²) in [5.41, 5.74) is 0.0331. The molecule has 0 bridgehead atoms. The van der Waals surface area contributed by atoms with Gasteiger partial charge in [0.25, 0.3) is 5.91 Å². The van der Waals surface area contributed by atoms with Gasteiger partial charge in [-0.25, -0.2) is 14.2 Å². The number of thioether (sulfide) groups is 1. The Bertz CT molecular complexity index is 984. The van der Waals surface area contributed by atoms with Crippen molar-refractivity contribution in [2.75, 3.05) is 19.0 Å². The van der Waals surface area contributed by atoms with E-state index in [4.69, 9.17) is 4.74 Å². The first-order valence-corrected chi connectivity index (χ1v) is 9.38. The first-order chi connectivity index (χ1) is 13.9. The third-order valence-corrected chi connectivity index (χ3v) is 5.27. The van der Waals surface area contributed by atoms with Gasteiger partial charge in [-0.05, 0) is 24.3 Å². The Kier molecular flexibility index (Phi) is 6.23. The van der Waals surface area contributed by atoms with Crippen LogP contribution in [0.1, 0.15) is 16.8 Å². The van der Waals surface area contributed by atoms with Crippen molar-refractivity contribution in [3.8, 4) is 0 Å². The van der Waals surface area contributed by atoms with Crippen LogP contribution in [0.2, 0.25) is 0 Å². The van der Waals surface area contributed by atoms with Gasteiger partial charge in [-0.3, -0.25) is 19.3 Å². The zero-order valence-electron chi connectivity index (χ0n) is 15.3. The summed E-state index contributed by atoms with van der Waals surface area (Å²) in [6.07, 6.45) is 1.45. The highest BCUT2D eigenvalue weighted by Gasteiger charge is 2.37. The highest BCUT2D eigenvalue weighted by atomic mass is 32.2. The molecule has 0 saturated carbocycles. The number of halogens is 1. The fraction of sp³-hybridized carbons (Fsp3) is 0.211. The summed E-state index contributed by atoms with van der Waals surface area (Å²) in [6.45, 7) is -0.629. The van der Waals surface area contributed by atoms with Crippen LogP contribution >= 0.6 is 11.8 Å². The number of anilines is 1. The first-order valence-electron chi connectivity index (χ1n) is 8.50. The van der Waals surface area contributed by atoms with Gasteiger partial charge < -0.3 is 10.1 Å². The second-order valence-electron chi connectivity index (χ2n) is 6.06. The molecule has 150 valence electrons. The van der Waals surface area contributed by atoms with E-state index in [0.29, 0.717) is 0 Å². The maximum absolute atomic E-state index is 13.6. The second kappa shape index (κ2) is 8.82. The number of rotatable bonds is 6. The third kappa shape index (κ3) is 4.77. The Hall–Kier alpha value is -3.27. The lowest BCUT2D eigenvalue weighted by Crippen LogP contribution is -2.26. The summed E-state index contributed by atoms with van der Waals surface area (Å²) >= 11 is 0.986. The van der Waals surface area contributed by atoms with Gasteiger partial charge in [-0.15, -0.1) is 0 Å². The van der Waals surface area contributed by atoms with Crippen LogP contribution in [0, 0.1) is 5.82 Å². The number of ether oxygens (including phenoxy) is 1. The van der Waals surface area contributed by atoms with Crippen molar-refractivity contribution in [2.45, 2.75) is 16.7 Å². The van der Waals surface area contributed by atoms with E-state index in [9.17, 15) is 23.6 Å². The van der Waals surface area contributed by atoms with Gasteiger partial charge in [0, 0.05) is 19.7 Å². The number of pyridine rings is 1. The highest BCUT2D eigenvalue weighted by molar-refractivity contribution is 8.00. The lowest BCUT2D eigenvalue weighted by atomic mass is 10.3. The van der Waals surface area contributed by atoms with E-state index < -0.39 is 29.6 Å². The van der Waals surface area contributed by atoms with E-state index >= 15 is 0 Å². The van der Waals surface area contributed by atoms with Gasteiger partial charge in [-0.1, -0.05) is 23.9 Å². The van der Waals surface area contributed by atoms with E-state index in [1.165, 1.54) is 43.6 Å². The Balaban J connectivity index is 1.63. The van der Waals surface area contributed by atoms with E-state index in [1.807, 2.05) is 0 Å². The molecular weight excluding hydrogens is 401 g/mol. The van der Waals surface area contributed by atoms with Crippen LogP contribution < -0.4 is 5.32 Å². The lowest BCUT2D eigenvalue weighted by Gasteiger charge is -2.11. The first kappa shape index (κ1) is 20.5. The second-order valence-corrected chi connectivity index (χ2v) is 7.25. The number of imide groups is 1. The number of esters is 1. The van der Waals surface area contributed by atoms with Gasteiger partial charge in [-0.2, -0.15) is 0 Å². The fourth-order valence-corrected chi connectivity index (χ4v) is 3.70. The van der Waals surface area contributed by atoms with Crippen molar-refractivity contribution in [1.29, 1.82) is 0 Å². The molecule has 1 N–H and O–H groups in total. The van der Waals surface area contributed by atoms with Crippen LogP contribution in [-0.2, 0) is 19.1 Å². The van der Waals surface area contributed by atoms with Gasteiger partial charge >= 0.3 is 5.97 Å². The predicted octanol–water partition coefficient (Wildman–Crippen LogP) is 1.87. The van der Waals surface area contributed by atoms with Gasteiger partial charge in [0.2, 0.25) is 11.8 Å². The number of nitrogens with one attached hydrogen (secondary N) is 1. The van der Waals surface area contributed by atoms with Crippen LogP contribution in [0.3, 0.4) is 0 Å². The summed E-state index contributed by atoms with van der Waals surface area (Å²) < 4.78 is 18.5. The number of nitrogens with zero attached hydrogens (tertiary/aromatic N) is 2. The van der Waals surface area contributed by atoms with E-state index in [0.717, 1.165) is 16.7 Å². The molecule has 1 aromatic carbocycles. The van der Waals surface area contributed by atoms with Crippen LogP contribution in [-0.4, -0.2) is 52.5 Å². The maximum atomic E-state index is 13.6. The van der Waals surface area contributed by atoms with Crippen molar-refractivity contribution in [3.63, 3.8) is 0 Å². The summed E-state index contributed by atoms with van der Waals surface area (Å²) in [5.74, 6) is -2.82. The molecule has 0 radical (unpaired) electrons. The van der Waals surface area contributed by atoms with Crippen LogP contribution in [0.4, 0.5) is 10.1 Å². The van der Waals surface area contributed by atoms with Crippen molar-refractivity contribution in [1.82, 2.24) is 9.88 Å². The van der Waals surface area contributed by atoms with E-state index in [2.05, 4.69) is 10.3 Å². The molecule has 1 atom stereocenters. The zero-order valence-corrected chi connectivity index (χ0v) is 16.1. The summed E-state index contributed by atoms with van der Waals surface area (Å²) in [4.78, 5) is 53.2. The zero-order chi connectivity index (χ0) is 21.0. The molecule has 2 aromatic rings. The van der Waals surface area contributed by atoms with E-state index in [1.54, 1.807) is 6.07 Å². The number of para-hydroxylation sites is 1. The standard InChI is InChI=1S/C19H16FN3O5S/c1-23-16(25)9-14(18(23)26)29-17-11(5-4-8-21-17)19(27)28-10-15(24)22-13-7-3-2-6-12(13)20/h2-8,14H,9-10H2,1H3,(H,22,24). The molecule has 2 heterocycles. The number of likely N-dealkylation sites (tertiary alicyclic amines) is 1. The van der Waals surface area contributed by atoms with Crippen molar-refractivity contribution in [2.24, 2.45) is 0 Å². The quantitative estimate of drug-likeness (QED) is 0.565. The molecule has 1 fully saturated rings. The highest BCUT2D eigenvalue weighted by Crippen LogP contribution is 2.31. The molecule has 1 aromatic heterocycles. The normalized spacial score (nSPS) is 16.1. The van der Waals surface area contributed by atoms with Crippen LogP contribution in [0.15, 0.2) is 47.6 Å². The number of hydrogen-bond donors (Lipinski definition) is 1. The van der Waals surface area contributed by atoms with E-state index in [-0.39, 0.29) is 34.5 Å². The summed E-state index contributed by atoms with van der Waals surface area (Å²) in [5, 5.41) is 1.84. The monoisotopic (exact) mass is 417 g/mol. The number of amides is 3. The molecule has 1 unspecified atom stereocenters. The molecule has 8 nitrogen and oxygen atoms in total. The predicted molar refractivity (Wildman–Crippen MR) is 102 cm³/mol. The molecule has 29 heavy (non-hydrogen) atoms. The molecular formula is C19H16FN3O5S. The Morgan fingerprint density at radius 3 is 2.72 bits per heavy atom. The Morgan fingerprint density at radius 1 is 1.28 bits per heavy atom. The van der Waals surface area contributed by atoms with Crippen molar-refractivity contribution < 1.29 is 28.3 Å². The largest absolute Gasteiger partial charge is 0.452 e. The molecule has 1 aliphatic heterocycles. The Morgan fingerprint density at radius 2 is 2.03 bits per heavy atom. The molecule has 1 saturated heterocycles. The molecule has 10 heteroatoms. The average Bonchev–Trinajstić information content (AvgIpc) is 2.95. The minimum atomic E-state index is -0.825. The average molecular weight is 417 g/mol.